The Labute approximate surface area is 250 Å². The summed E-state index contributed by atoms with van der Waals surface area (Å²) >= 11 is 0. The third-order valence-corrected chi connectivity index (χ3v) is 8.74. The highest BCUT2D eigenvalue weighted by Crippen LogP contribution is 2.28. The number of nitrogens with one attached hydrogen (secondary N) is 3. The number of para-hydroxylation sites is 1. The second-order valence-electron chi connectivity index (χ2n) is 10.4. The number of aliphatic hydroxyl groups excluding tert-OH is 1. The number of sulfonamides is 1. The highest BCUT2D eigenvalue weighted by atomic mass is 32.2. The molecule has 0 bridgehead atoms. The molecule has 1 fully saturated rings. The molecular formula is C31H33N7O4S. The van der Waals surface area contributed by atoms with E-state index >= 15 is 0 Å². The lowest BCUT2D eigenvalue weighted by molar-refractivity contribution is 0.126. The topological polar surface area (TPSA) is 143 Å². The second kappa shape index (κ2) is 12.3. The maximum Gasteiger partial charge on any atom is 0.261 e. The van der Waals surface area contributed by atoms with Crippen LogP contribution >= 0.6 is 0 Å². The summed E-state index contributed by atoms with van der Waals surface area (Å²) in [7, 11) is -3.82. The molecule has 0 saturated heterocycles. The Balaban J connectivity index is 1.16. The van der Waals surface area contributed by atoms with Crippen molar-refractivity contribution in [2.45, 2.75) is 56.2 Å². The number of rotatable bonds is 10. The van der Waals surface area contributed by atoms with Crippen molar-refractivity contribution in [1.82, 2.24) is 19.5 Å². The number of imidazole rings is 1. The van der Waals surface area contributed by atoms with Crippen LogP contribution in [-0.2, 0) is 16.6 Å². The van der Waals surface area contributed by atoms with Gasteiger partial charge in [-0.1, -0.05) is 18.2 Å². The van der Waals surface area contributed by atoms with Gasteiger partial charge in [0, 0.05) is 24.0 Å². The molecule has 12 heteroatoms. The lowest BCUT2D eigenvalue weighted by atomic mass is 9.93. The quantitative estimate of drug-likeness (QED) is 0.154. The molecule has 0 amide bonds. The van der Waals surface area contributed by atoms with Gasteiger partial charge in [-0.15, -0.1) is 0 Å². The maximum atomic E-state index is 13.1. The molecule has 0 atom stereocenters. The van der Waals surface area contributed by atoms with Crippen molar-refractivity contribution in [3.05, 3.63) is 85.2 Å². The highest BCUT2D eigenvalue weighted by molar-refractivity contribution is 7.92. The molecule has 0 unspecified atom stereocenters. The van der Waals surface area contributed by atoms with E-state index in [4.69, 9.17) is 14.7 Å². The monoisotopic (exact) mass is 599 g/mol. The van der Waals surface area contributed by atoms with Gasteiger partial charge in [-0.05, 0) is 93.3 Å². The second-order valence-corrected chi connectivity index (χ2v) is 12.1. The Morgan fingerprint density at radius 1 is 0.884 bits per heavy atom. The molecule has 11 nitrogen and oxygen atoms in total. The number of benzene rings is 3. The zero-order valence-corrected chi connectivity index (χ0v) is 24.5. The molecule has 2 aromatic heterocycles. The predicted molar refractivity (Wildman–Crippen MR) is 166 cm³/mol. The third kappa shape index (κ3) is 6.71. The number of aromatic nitrogens is 4. The summed E-state index contributed by atoms with van der Waals surface area (Å²) in [5, 5.41) is 16.6. The van der Waals surface area contributed by atoms with Crippen molar-refractivity contribution in [2.75, 3.05) is 15.4 Å². The van der Waals surface area contributed by atoms with Gasteiger partial charge in [0.05, 0.1) is 17.3 Å². The summed E-state index contributed by atoms with van der Waals surface area (Å²) in [6.07, 6.45) is 4.66. The van der Waals surface area contributed by atoms with E-state index in [1.54, 1.807) is 42.7 Å². The minimum Gasteiger partial charge on any atom is -0.457 e. The van der Waals surface area contributed by atoms with Gasteiger partial charge >= 0.3 is 0 Å². The van der Waals surface area contributed by atoms with Crippen LogP contribution in [-0.4, -0.2) is 45.2 Å². The summed E-state index contributed by atoms with van der Waals surface area (Å²) in [4.78, 5) is 14.1. The SMILES string of the molecule is CCn1cnc2c(Nc3ccc(S(=O)(=O)Nc4ccc(Oc5ccccc5)cc4)cc3)nc(N[C@H]3CC[C@H](O)CC3)nc21. The van der Waals surface area contributed by atoms with Crippen molar-refractivity contribution in [3.8, 4) is 11.5 Å². The average Bonchev–Trinajstić information content (AvgIpc) is 3.43. The normalized spacial score (nSPS) is 17.0. The Morgan fingerprint density at radius 3 is 2.26 bits per heavy atom. The molecule has 43 heavy (non-hydrogen) atoms. The summed E-state index contributed by atoms with van der Waals surface area (Å²) in [6, 6.07) is 22.7. The van der Waals surface area contributed by atoms with Crippen LogP contribution < -0.4 is 20.1 Å². The number of anilines is 4. The molecule has 222 valence electrons. The van der Waals surface area contributed by atoms with Crippen LogP contribution in [0.1, 0.15) is 32.6 Å². The standard InChI is InChI=1S/C31H33N7O4S/c1-2-38-20-32-28-29(35-31(36-30(28)38)34-22-8-14-24(39)15-9-22)33-21-12-18-27(19-13-21)43(40,41)37-23-10-16-26(17-11-23)42-25-6-4-3-5-7-25/h3-7,10-13,16-20,22,24,37,39H,2,8-9,14-15H2,1H3,(H2,33,34,35,36)/t22-,24-. The predicted octanol–water partition coefficient (Wildman–Crippen LogP) is 5.90. The zero-order valence-electron chi connectivity index (χ0n) is 23.6. The van der Waals surface area contributed by atoms with Crippen molar-refractivity contribution in [2.24, 2.45) is 0 Å². The van der Waals surface area contributed by atoms with E-state index in [1.165, 1.54) is 12.1 Å². The molecule has 3 aromatic carbocycles. The first kappa shape index (κ1) is 28.4. The van der Waals surface area contributed by atoms with Gasteiger partial charge in [-0.3, -0.25) is 4.72 Å². The maximum absolute atomic E-state index is 13.1. The fraction of sp³-hybridized carbons (Fsp3) is 0.258. The van der Waals surface area contributed by atoms with Crippen LogP contribution in [0.2, 0.25) is 0 Å². The Bertz CT molecular complexity index is 1790. The van der Waals surface area contributed by atoms with Crippen LogP contribution in [0, 0.1) is 0 Å². The van der Waals surface area contributed by atoms with Gasteiger partial charge in [0.25, 0.3) is 10.0 Å². The third-order valence-electron chi connectivity index (χ3n) is 7.35. The van der Waals surface area contributed by atoms with E-state index in [0.717, 1.165) is 25.7 Å². The van der Waals surface area contributed by atoms with Crippen molar-refractivity contribution in [1.29, 1.82) is 0 Å². The summed E-state index contributed by atoms with van der Waals surface area (Å²) in [5.41, 5.74) is 2.38. The Hall–Kier alpha value is -4.68. The van der Waals surface area contributed by atoms with Gasteiger partial charge in [-0.2, -0.15) is 9.97 Å². The lowest BCUT2D eigenvalue weighted by Gasteiger charge is -2.26. The van der Waals surface area contributed by atoms with E-state index in [2.05, 4.69) is 20.3 Å². The largest absolute Gasteiger partial charge is 0.457 e. The number of aliphatic hydroxyl groups is 1. The molecule has 1 saturated carbocycles. The van der Waals surface area contributed by atoms with E-state index in [0.29, 0.717) is 52.3 Å². The van der Waals surface area contributed by atoms with Gasteiger partial charge in [-0.25, -0.2) is 13.4 Å². The van der Waals surface area contributed by atoms with Crippen LogP contribution in [0.5, 0.6) is 11.5 Å². The first-order valence-corrected chi connectivity index (χ1v) is 15.7. The molecule has 1 aliphatic carbocycles. The van der Waals surface area contributed by atoms with E-state index < -0.39 is 10.0 Å². The molecule has 4 N–H and O–H groups in total. The van der Waals surface area contributed by atoms with E-state index in [-0.39, 0.29) is 17.0 Å². The summed E-state index contributed by atoms with van der Waals surface area (Å²) in [6.45, 7) is 2.72. The van der Waals surface area contributed by atoms with E-state index in [1.807, 2.05) is 41.8 Å². The summed E-state index contributed by atoms with van der Waals surface area (Å²) in [5.74, 6) is 2.30. The van der Waals surface area contributed by atoms with Crippen LogP contribution in [0.3, 0.4) is 0 Å². The van der Waals surface area contributed by atoms with Crippen LogP contribution in [0.4, 0.5) is 23.1 Å². The lowest BCUT2D eigenvalue weighted by Crippen LogP contribution is -2.29. The van der Waals surface area contributed by atoms with Crippen LogP contribution in [0.15, 0.2) is 90.1 Å². The number of hydrogen-bond donors (Lipinski definition) is 4. The number of hydrogen-bond acceptors (Lipinski definition) is 9. The molecule has 1 aliphatic rings. The highest BCUT2D eigenvalue weighted by Gasteiger charge is 2.22. The molecular weight excluding hydrogens is 566 g/mol. The molecule has 0 spiro atoms. The van der Waals surface area contributed by atoms with Gasteiger partial charge < -0.3 is 25.0 Å². The average molecular weight is 600 g/mol. The van der Waals surface area contributed by atoms with Crippen molar-refractivity contribution >= 4 is 44.3 Å². The minimum absolute atomic E-state index is 0.118. The van der Waals surface area contributed by atoms with Crippen molar-refractivity contribution < 1.29 is 18.3 Å². The molecule has 5 aromatic rings. The van der Waals surface area contributed by atoms with Gasteiger partial charge in [0.15, 0.2) is 17.0 Å². The van der Waals surface area contributed by atoms with Gasteiger partial charge in [0.2, 0.25) is 5.95 Å². The number of aryl methyl sites for hydroxylation is 1. The van der Waals surface area contributed by atoms with Crippen molar-refractivity contribution in [3.63, 3.8) is 0 Å². The van der Waals surface area contributed by atoms with Crippen LogP contribution in [0.25, 0.3) is 11.2 Å². The Kier molecular flexibility index (Phi) is 8.12. The zero-order chi connectivity index (χ0) is 29.8. The number of fused-ring (bicyclic) bond motifs is 1. The first-order valence-electron chi connectivity index (χ1n) is 14.3. The molecule has 6 rings (SSSR count). The van der Waals surface area contributed by atoms with Gasteiger partial charge in [0.1, 0.15) is 11.5 Å². The fourth-order valence-corrected chi connectivity index (χ4v) is 6.07. The molecule has 0 radical (unpaired) electrons. The molecule has 0 aliphatic heterocycles. The van der Waals surface area contributed by atoms with E-state index in [9.17, 15) is 13.5 Å². The first-order chi connectivity index (χ1) is 20.9. The fourth-order valence-electron chi connectivity index (χ4n) is 5.01. The number of nitrogens with zero attached hydrogens (tertiary/aromatic N) is 4. The summed E-state index contributed by atoms with van der Waals surface area (Å²) < 4.78 is 36.5. The minimum atomic E-state index is -3.82. The Morgan fingerprint density at radius 2 is 1.56 bits per heavy atom. The smallest absolute Gasteiger partial charge is 0.261 e. The number of ether oxygens (including phenoxy) is 1. The molecule has 2 heterocycles.